The van der Waals surface area contributed by atoms with Crippen LogP contribution in [0.5, 0.6) is 0 Å². The predicted molar refractivity (Wildman–Crippen MR) is 93.1 cm³/mol. The topological polar surface area (TPSA) is 20.7 Å². The first kappa shape index (κ1) is 11.4. The van der Waals surface area contributed by atoms with E-state index in [0.29, 0.717) is 0 Å². The minimum absolute atomic E-state index is 1.19. The quantitative estimate of drug-likeness (QED) is 0.381. The molecule has 5 rings (SSSR count). The highest BCUT2D eigenvalue weighted by molar-refractivity contribution is 9.08. The van der Waals surface area contributed by atoms with Gasteiger partial charge in [-0.05, 0) is 18.2 Å². The largest absolute Gasteiger partial charge is 0.354 e. The van der Waals surface area contributed by atoms with Crippen LogP contribution < -0.4 is 0 Å². The third-order valence-corrected chi connectivity index (χ3v) is 5.02. The number of halogens is 1. The van der Waals surface area contributed by atoms with E-state index in [-0.39, 0.29) is 0 Å². The van der Waals surface area contributed by atoms with Crippen molar-refractivity contribution in [3.8, 4) is 0 Å². The highest BCUT2D eigenvalue weighted by Crippen LogP contribution is 2.37. The van der Waals surface area contributed by atoms with Crippen molar-refractivity contribution in [2.24, 2.45) is 0 Å². The number of para-hydroxylation sites is 2. The van der Waals surface area contributed by atoms with E-state index in [1.54, 1.807) is 0 Å². The lowest BCUT2D eigenvalue weighted by atomic mass is 10.1. The summed E-state index contributed by atoms with van der Waals surface area (Å²) in [4.78, 5) is 3.59. The molecule has 2 aromatic heterocycles. The van der Waals surface area contributed by atoms with Crippen LogP contribution in [0.25, 0.3) is 43.6 Å². The number of hydrogen-bond donors (Lipinski definition) is 1. The first-order chi connectivity index (χ1) is 10.3. The van der Waals surface area contributed by atoms with Crippen LogP contribution in [0.4, 0.5) is 0 Å². The molecule has 0 saturated heterocycles. The van der Waals surface area contributed by atoms with Gasteiger partial charge in [-0.2, -0.15) is 0 Å². The highest BCUT2D eigenvalue weighted by Gasteiger charge is 2.14. The maximum Gasteiger partial charge on any atom is 0.0626 e. The third-order valence-electron chi connectivity index (χ3n) is 4.26. The molecule has 0 radical (unpaired) electrons. The molecule has 0 aliphatic carbocycles. The van der Waals surface area contributed by atoms with Crippen molar-refractivity contribution in [3.63, 3.8) is 0 Å². The summed E-state index contributed by atoms with van der Waals surface area (Å²) in [5.74, 6) is 0. The summed E-state index contributed by atoms with van der Waals surface area (Å²) in [6.45, 7) is 0. The number of hydrogen-bond acceptors (Lipinski definition) is 0. The Balaban J connectivity index is 2.16. The Morgan fingerprint density at radius 3 is 2.38 bits per heavy atom. The standard InChI is InChI=1S/C18H11BrN2/c19-21-15-8-4-2-6-13(15)17-16(21)10-9-12-11-5-1-3-7-14(11)20-18(12)17/h1-10,20H. The van der Waals surface area contributed by atoms with Gasteiger partial charge in [0.05, 0.1) is 32.7 Å². The zero-order valence-electron chi connectivity index (χ0n) is 11.1. The zero-order valence-corrected chi connectivity index (χ0v) is 12.7. The highest BCUT2D eigenvalue weighted by atomic mass is 79.9. The Kier molecular flexibility index (Phi) is 2.11. The van der Waals surface area contributed by atoms with Crippen molar-refractivity contribution in [1.29, 1.82) is 0 Å². The van der Waals surface area contributed by atoms with Crippen molar-refractivity contribution in [3.05, 3.63) is 60.7 Å². The fraction of sp³-hybridized carbons (Fsp3) is 0. The fourth-order valence-electron chi connectivity index (χ4n) is 3.33. The summed E-state index contributed by atoms with van der Waals surface area (Å²) in [6.07, 6.45) is 0. The van der Waals surface area contributed by atoms with Gasteiger partial charge in [-0.15, -0.1) is 0 Å². The SMILES string of the molecule is Brn1c2ccccc2c2c3[nH]c4ccccc4c3ccc21. The molecule has 0 amide bonds. The third kappa shape index (κ3) is 1.37. The molecule has 0 bridgehead atoms. The van der Waals surface area contributed by atoms with Crippen LogP contribution in [0.1, 0.15) is 0 Å². The smallest absolute Gasteiger partial charge is 0.0626 e. The Morgan fingerprint density at radius 2 is 1.48 bits per heavy atom. The fourth-order valence-corrected chi connectivity index (χ4v) is 3.93. The Labute approximate surface area is 129 Å². The molecule has 2 heterocycles. The Bertz CT molecular complexity index is 1150. The first-order valence-electron chi connectivity index (χ1n) is 6.93. The average Bonchev–Trinajstić information content (AvgIpc) is 3.04. The van der Waals surface area contributed by atoms with Crippen molar-refractivity contribution >= 4 is 59.8 Å². The minimum atomic E-state index is 1.19. The van der Waals surface area contributed by atoms with Gasteiger partial charge in [0.15, 0.2) is 0 Å². The van der Waals surface area contributed by atoms with Crippen LogP contribution in [0.3, 0.4) is 0 Å². The number of fused-ring (bicyclic) bond motifs is 7. The molecule has 0 unspecified atom stereocenters. The van der Waals surface area contributed by atoms with E-state index in [4.69, 9.17) is 0 Å². The first-order valence-corrected chi connectivity index (χ1v) is 7.64. The van der Waals surface area contributed by atoms with Crippen LogP contribution in [-0.4, -0.2) is 8.58 Å². The van der Waals surface area contributed by atoms with E-state index in [2.05, 4.69) is 85.4 Å². The van der Waals surface area contributed by atoms with Crippen LogP contribution in [0, 0.1) is 0 Å². The van der Waals surface area contributed by atoms with E-state index >= 15 is 0 Å². The number of nitrogens with zero attached hydrogens (tertiary/aromatic N) is 1. The van der Waals surface area contributed by atoms with Gasteiger partial charge in [0, 0.05) is 27.1 Å². The lowest BCUT2D eigenvalue weighted by molar-refractivity contribution is 1.46. The molecule has 3 aromatic carbocycles. The van der Waals surface area contributed by atoms with Crippen molar-refractivity contribution in [2.45, 2.75) is 0 Å². The van der Waals surface area contributed by atoms with E-state index in [1.807, 2.05) is 0 Å². The molecule has 0 saturated carbocycles. The van der Waals surface area contributed by atoms with Gasteiger partial charge in [-0.1, -0.05) is 42.5 Å². The molecule has 100 valence electrons. The van der Waals surface area contributed by atoms with Gasteiger partial charge < -0.3 is 4.98 Å². The normalized spacial score (nSPS) is 12.0. The Hall–Kier alpha value is -2.26. The second-order valence-corrected chi connectivity index (χ2v) is 6.06. The zero-order chi connectivity index (χ0) is 14.0. The molecule has 1 N–H and O–H groups in total. The van der Waals surface area contributed by atoms with Gasteiger partial charge in [0.25, 0.3) is 0 Å². The molecular formula is C18H11BrN2. The second kappa shape index (κ2) is 3.89. The number of aromatic amines is 1. The van der Waals surface area contributed by atoms with Crippen LogP contribution in [-0.2, 0) is 0 Å². The van der Waals surface area contributed by atoms with E-state index in [0.717, 1.165) is 0 Å². The van der Waals surface area contributed by atoms with Gasteiger partial charge in [0.2, 0.25) is 0 Å². The summed E-state index contributed by atoms with van der Waals surface area (Å²) in [5.41, 5.74) is 4.78. The molecule has 2 nitrogen and oxygen atoms in total. The molecule has 0 atom stereocenters. The van der Waals surface area contributed by atoms with E-state index in [9.17, 15) is 0 Å². The maximum atomic E-state index is 3.68. The summed E-state index contributed by atoms with van der Waals surface area (Å²) >= 11 is 3.68. The van der Waals surface area contributed by atoms with Crippen LogP contribution in [0.2, 0.25) is 0 Å². The van der Waals surface area contributed by atoms with E-state index in [1.165, 1.54) is 43.6 Å². The lowest BCUT2D eigenvalue weighted by Crippen LogP contribution is -1.77. The number of aromatic nitrogens is 2. The maximum absolute atomic E-state index is 3.68. The minimum Gasteiger partial charge on any atom is -0.354 e. The van der Waals surface area contributed by atoms with Gasteiger partial charge in [0.1, 0.15) is 0 Å². The van der Waals surface area contributed by atoms with E-state index < -0.39 is 0 Å². The second-order valence-electron chi connectivity index (χ2n) is 5.35. The molecule has 0 aliphatic heterocycles. The molecule has 5 aromatic rings. The molecule has 0 spiro atoms. The van der Waals surface area contributed by atoms with Gasteiger partial charge in [-0.3, -0.25) is 3.59 Å². The molecule has 0 aliphatic rings. The monoisotopic (exact) mass is 334 g/mol. The summed E-state index contributed by atoms with van der Waals surface area (Å²) in [5, 5.41) is 5.10. The summed E-state index contributed by atoms with van der Waals surface area (Å²) < 4.78 is 2.09. The molecule has 3 heteroatoms. The summed E-state index contributed by atoms with van der Waals surface area (Å²) in [6, 6.07) is 21.3. The molecule has 21 heavy (non-hydrogen) atoms. The number of rotatable bonds is 0. The van der Waals surface area contributed by atoms with Crippen molar-refractivity contribution in [1.82, 2.24) is 8.58 Å². The number of nitrogens with one attached hydrogen (secondary N) is 1. The van der Waals surface area contributed by atoms with Crippen LogP contribution in [0.15, 0.2) is 60.7 Å². The van der Waals surface area contributed by atoms with Crippen molar-refractivity contribution < 1.29 is 0 Å². The molecule has 0 fully saturated rings. The predicted octanol–water partition coefficient (Wildman–Crippen LogP) is 5.59. The number of H-pyrrole nitrogens is 1. The van der Waals surface area contributed by atoms with Gasteiger partial charge in [-0.25, -0.2) is 0 Å². The van der Waals surface area contributed by atoms with Gasteiger partial charge >= 0.3 is 0 Å². The van der Waals surface area contributed by atoms with Crippen LogP contribution >= 0.6 is 16.1 Å². The Morgan fingerprint density at radius 1 is 0.714 bits per heavy atom. The lowest BCUT2D eigenvalue weighted by Gasteiger charge is -1.96. The number of benzene rings is 3. The average molecular weight is 335 g/mol. The van der Waals surface area contributed by atoms with Crippen molar-refractivity contribution in [2.75, 3.05) is 0 Å². The summed E-state index contributed by atoms with van der Waals surface area (Å²) in [7, 11) is 0. The molecular weight excluding hydrogens is 324 g/mol.